The Balaban J connectivity index is 0.00000103. The van der Waals surface area contributed by atoms with E-state index in [1.807, 2.05) is 65.8 Å². The number of methoxy groups -OCH3 is 1. The van der Waals surface area contributed by atoms with Gasteiger partial charge < -0.3 is 40.3 Å². The normalized spacial score (nSPS) is 11.9. The Bertz CT molecular complexity index is 1360. The monoisotopic (exact) mass is 627 g/mol. The average Bonchev–Trinajstić information content (AvgIpc) is 3.19. The number of amides is 1. The van der Waals surface area contributed by atoms with E-state index in [0.717, 1.165) is 11.3 Å². The van der Waals surface area contributed by atoms with Gasteiger partial charge in [0.05, 0.1) is 37.4 Å². The first-order valence-electron chi connectivity index (χ1n) is 12.8. The van der Waals surface area contributed by atoms with Gasteiger partial charge in [0.1, 0.15) is 10.9 Å². The molecule has 0 aliphatic rings. The molecule has 0 spiro atoms. The van der Waals surface area contributed by atoms with Gasteiger partial charge in [-0.25, -0.2) is 24.2 Å². The molecule has 3 aromatic rings. The number of benzene rings is 1. The Kier molecular flexibility index (Phi) is 13.1. The number of ether oxygens (including phenoxy) is 1. The van der Waals surface area contributed by atoms with Crippen LogP contribution in [0.25, 0.3) is 11.0 Å². The van der Waals surface area contributed by atoms with Crippen molar-refractivity contribution in [2.75, 3.05) is 13.7 Å². The molecule has 1 amide bonds. The number of aromatic nitrogens is 4. The number of nitrogens with zero attached hydrogens (tertiary/aromatic N) is 5. The molecule has 1 unspecified atom stereocenters. The first-order chi connectivity index (χ1) is 19.7. The fourth-order valence-corrected chi connectivity index (χ4v) is 4.63. The molecule has 2 heterocycles. The van der Waals surface area contributed by atoms with Crippen molar-refractivity contribution in [1.29, 1.82) is 0 Å². The van der Waals surface area contributed by atoms with Gasteiger partial charge in [0.15, 0.2) is 5.65 Å². The van der Waals surface area contributed by atoms with E-state index in [9.17, 15) is 15.0 Å². The van der Waals surface area contributed by atoms with Crippen molar-refractivity contribution >= 4 is 40.9 Å². The standard InChI is InChI=1S/C25H34ClN5O4.2CH2O3/c1-24(2,3)31(25(4,5)6)23(34)21-27-20(26)19-18(12-16(33)14-32)29-30(22(19)28-21)13-15-8-10-17(35-7)11-9-15;2*2-1(3)4/h8-11,16,32-33H,12-14H2,1-7H3;2*(H2,2,3,4). The summed E-state index contributed by atoms with van der Waals surface area (Å²) in [5.41, 5.74) is 0.785. The van der Waals surface area contributed by atoms with E-state index in [1.54, 1.807) is 16.7 Å². The molecule has 3 rings (SSSR count). The van der Waals surface area contributed by atoms with Crippen LogP contribution in [0.3, 0.4) is 0 Å². The SMILES string of the molecule is COc1ccc(Cn2nc(CC(O)CO)c3c(Cl)nc(C(=O)N(C(C)(C)C)C(C)(C)C)nc32)cc1.O=C(O)O.O=C(O)O. The molecule has 15 nitrogen and oxygen atoms in total. The highest BCUT2D eigenvalue weighted by atomic mass is 35.5. The molecular weight excluding hydrogens is 590 g/mol. The van der Waals surface area contributed by atoms with Gasteiger partial charge in [0.25, 0.3) is 5.91 Å². The zero-order valence-corrected chi connectivity index (χ0v) is 25.7. The van der Waals surface area contributed by atoms with Crippen LogP contribution in [0.5, 0.6) is 5.75 Å². The van der Waals surface area contributed by atoms with E-state index in [2.05, 4.69) is 15.1 Å². The zero-order valence-electron chi connectivity index (χ0n) is 24.9. The number of carbonyl (C=O) groups excluding carboxylic acids is 1. The molecule has 0 radical (unpaired) electrons. The lowest BCUT2D eigenvalue weighted by atomic mass is 9.95. The van der Waals surface area contributed by atoms with Crippen LogP contribution in [-0.2, 0) is 13.0 Å². The van der Waals surface area contributed by atoms with Crippen molar-refractivity contribution in [3.05, 3.63) is 46.5 Å². The van der Waals surface area contributed by atoms with E-state index in [-0.39, 0.29) is 23.3 Å². The molecule has 1 aromatic carbocycles. The fraction of sp³-hybridized carbons (Fsp3) is 0.481. The molecule has 0 fully saturated rings. The third-order valence-corrected chi connectivity index (χ3v) is 5.76. The lowest BCUT2D eigenvalue weighted by Gasteiger charge is -2.45. The number of aliphatic hydroxyl groups is 2. The van der Waals surface area contributed by atoms with Crippen LogP contribution in [0.1, 0.15) is 63.4 Å². The minimum Gasteiger partial charge on any atom is -0.497 e. The second-order valence-corrected chi connectivity index (χ2v) is 11.4. The highest BCUT2D eigenvalue weighted by Gasteiger charge is 2.38. The summed E-state index contributed by atoms with van der Waals surface area (Å²) < 4.78 is 6.87. The van der Waals surface area contributed by atoms with Crippen molar-refractivity contribution in [1.82, 2.24) is 24.6 Å². The first kappa shape index (κ1) is 36.8. The van der Waals surface area contributed by atoms with Crippen molar-refractivity contribution in [3.63, 3.8) is 0 Å². The van der Waals surface area contributed by atoms with Crippen LogP contribution in [0.4, 0.5) is 9.59 Å². The van der Waals surface area contributed by atoms with E-state index in [1.165, 1.54) is 0 Å². The number of fused-ring (bicyclic) bond motifs is 1. The van der Waals surface area contributed by atoms with E-state index >= 15 is 0 Å². The largest absolute Gasteiger partial charge is 0.503 e. The molecule has 1 atom stereocenters. The topological polar surface area (TPSA) is 229 Å². The highest BCUT2D eigenvalue weighted by molar-refractivity contribution is 6.34. The molecule has 16 heteroatoms. The van der Waals surface area contributed by atoms with Crippen molar-refractivity contribution in [2.45, 2.75) is 71.7 Å². The van der Waals surface area contributed by atoms with E-state index in [0.29, 0.717) is 23.3 Å². The third kappa shape index (κ3) is 11.2. The maximum Gasteiger partial charge on any atom is 0.503 e. The summed E-state index contributed by atoms with van der Waals surface area (Å²) in [7, 11) is 1.60. The van der Waals surface area contributed by atoms with Crippen LogP contribution in [0.15, 0.2) is 24.3 Å². The summed E-state index contributed by atoms with van der Waals surface area (Å²) in [6.07, 6.45) is -4.62. The maximum absolute atomic E-state index is 13.6. The number of aliphatic hydroxyl groups excluding tert-OH is 2. The molecule has 0 saturated carbocycles. The van der Waals surface area contributed by atoms with Crippen LogP contribution < -0.4 is 4.74 Å². The molecule has 43 heavy (non-hydrogen) atoms. The maximum atomic E-state index is 13.6. The van der Waals surface area contributed by atoms with Crippen LogP contribution >= 0.6 is 11.6 Å². The van der Waals surface area contributed by atoms with Gasteiger partial charge >= 0.3 is 12.3 Å². The number of carboxylic acid groups (broad SMARTS) is 4. The Hall–Kier alpha value is -4.21. The fourth-order valence-electron chi connectivity index (χ4n) is 4.36. The van der Waals surface area contributed by atoms with E-state index in [4.69, 9.17) is 46.4 Å². The second kappa shape index (κ2) is 15.3. The summed E-state index contributed by atoms with van der Waals surface area (Å²) in [5.74, 6) is 0.356. The molecule has 0 bridgehead atoms. The summed E-state index contributed by atoms with van der Waals surface area (Å²) in [5, 5.41) is 52.4. The average molecular weight is 628 g/mol. The Morgan fingerprint density at radius 1 is 0.953 bits per heavy atom. The van der Waals surface area contributed by atoms with Crippen molar-refractivity contribution in [2.24, 2.45) is 0 Å². The van der Waals surface area contributed by atoms with Gasteiger partial charge in [0.2, 0.25) is 5.82 Å². The Morgan fingerprint density at radius 2 is 1.44 bits per heavy atom. The van der Waals surface area contributed by atoms with E-state index < -0.39 is 36.1 Å². The molecule has 0 aliphatic carbocycles. The van der Waals surface area contributed by atoms with Gasteiger partial charge in [-0.3, -0.25) is 4.79 Å². The predicted octanol–water partition coefficient (Wildman–Crippen LogP) is 3.92. The van der Waals surface area contributed by atoms with Gasteiger partial charge in [-0.1, -0.05) is 23.7 Å². The summed E-state index contributed by atoms with van der Waals surface area (Å²) >= 11 is 6.59. The number of halogens is 1. The second-order valence-electron chi connectivity index (χ2n) is 11.1. The van der Waals surface area contributed by atoms with Crippen LogP contribution in [0.2, 0.25) is 5.15 Å². The van der Waals surface area contributed by atoms with Crippen molar-refractivity contribution in [3.8, 4) is 5.75 Å². The van der Waals surface area contributed by atoms with Crippen LogP contribution in [0, 0.1) is 0 Å². The van der Waals surface area contributed by atoms with Gasteiger partial charge in [-0.05, 0) is 59.2 Å². The molecule has 0 aliphatic heterocycles. The highest BCUT2D eigenvalue weighted by Crippen LogP contribution is 2.30. The van der Waals surface area contributed by atoms with Gasteiger partial charge in [-0.15, -0.1) is 0 Å². The summed E-state index contributed by atoms with van der Waals surface area (Å²) in [6, 6.07) is 7.51. The Labute approximate surface area is 252 Å². The first-order valence-corrected chi connectivity index (χ1v) is 13.1. The molecule has 238 valence electrons. The summed E-state index contributed by atoms with van der Waals surface area (Å²) in [6.45, 7) is 11.7. The van der Waals surface area contributed by atoms with Gasteiger partial charge in [0, 0.05) is 17.5 Å². The molecular formula is C27H38ClN5O10. The molecule has 6 N–H and O–H groups in total. The summed E-state index contributed by atoms with van der Waals surface area (Å²) in [4.78, 5) is 41.4. The lowest BCUT2D eigenvalue weighted by molar-refractivity contribution is 0.0258. The minimum atomic E-state index is -1.83. The minimum absolute atomic E-state index is 0.0301. The number of hydrogen-bond donors (Lipinski definition) is 6. The number of carbonyl (C=O) groups is 3. The van der Waals surface area contributed by atoms with Crippen molar-refractivity contribution < 1.29 is 49.8 Å². The molecule has 2 aromatic heterocycles. The third-order valence-electron chi connectivity index (χ3n) is 5.49. The smallest absolute Gasteiger partial charge is 0.497 e. The zero-order chi connectivity index (χ0) is 33.3. The van der Waals surface area contributed by atoms with Crippen LogP contribution in [-0.4, -0.2) is 104 Å². The number of hydrogen-bond acceptors (Lipinski definition) is 9. The van der Waals surface area contributed by atoms with Gasteiger partial charge in [-0.2, -0.15) is 5.10 Å². The lowest BCUT2D eigenvalue weighted by Crippen LogP contribution is -2.56. The molecule has 0 saturated heterocycles. The quantitative estimate of drug-likeness (QED) is 0.204. The Morgan fingerprint density at radius 3 is 1.86 bits per heavy atom. The predicted molar refractivity (Wildman–Crippen MR) is 156 cm³/mol. The number of rotatable bonds is 7.